The monoisotopic (exact) mass is 347 g/mol. The number of likely N-dealkylation sites (tertiary alicyclic amines) is 1. The van der Waals surface area contributed by atoms with Crippen LogP contribution in [0.5, 0.6) is 0 Å². The van der Waals surface area contributed by atoms with E-state index in [2.05, 4.69) is 11.8 Å². The summed E-state index contributed by atoms with van der Waals surface area (Å²) in [4.78, 5) is 31.1. The second-order valence-electron chi connectivity index (χ2n) is 6.81. The lowest BCUT2D eigenvalue weighted by Crippen LogP contribution is -2.51. The lowest BCUT2D eigenvalue weighted by atomic mass is 9.94. The van der Waals surface area contributed by atoms with Gasteiger partial charge in [0, 0.05) is 45.2 Å². The SMILES string of the molecule is CCN1CCN(C(=O)C2CCN(C(=O)c3ccccc3F)CC2)CC1. The molecule has 1 aromatic carbocycles. The van der Waals surface area contributed by atoms with Crippen molar-refractivity contribution in [1.29, 1.82) is 0 Å². The van der Waals surface area contributed by atoms with Gasteiger partial charge in [0.1, 0.15) is 5.82 Å². The van der Waals surface area contributed by atoms with Crippen molar-refractivity contribution >= 4 is 11.8 Å². The van der Waals surface area contributed by atoms with Gasteiger partial charge in [-0.05, 0) is 31.5 Å². The molecule has 2 heterocycles. The Labute approximate surface area is 148 Å². The van der Waals surface area contributed by atoms with E-state index in [0.29, 0.717) is 25.9 Å². The average Bonchev–Trinajstić information content (AvgIpc) is 2.67. The first-order valence-corrected chi connectivity index (χ1v) is 9.15. The van der Waals surface area contributed by atoms with Gasteiger partial charge in [-0.3, -0.25) is 9.59 Å². The highest BCUT2D eigenvalue weighted by Gasteiger charge is 2.32. The molecule has 0 radical (unpaired) electrons. The van der Waals surface area contributed by atoms with Crippen LogP contribution in [0.15, 0.2) is 24.3 Å². The van der Waals surface area contributed by atoms with Crippen LogP contribution in [-0.2, 0) is 4.79 Å². The number of rotatable bonds is 3. The summed E-state index contributed by atoms with van der Waals surface area (Å²) in [6.45, 7) is 7.65. The van der Waals surface area contributed by atoms with Crippen LogP contribution in [-0.4, -0.2) is 72.3 Å². The Hall–Kier alpha value is -1.95. The third-order valence-corrected chi connectivity index (χ3v) is 5.37. The van der Waals surface area contributed by atoms with Crippen molar-refractivity contribution in [3.05, 3.63) is 35.6 Å². The maximum Gasteiger partial charge on any atom is 0.256 e. The Kier molecular flexibility index (Phi) is 5.68. The molecule has 25 heavy (non-hydrogen) atoms. The number of likely N-dealkylation sites (N-methyl/N-ethyl adjacent to an activating group) is 1. The Balaban J connectivity index is 1.52. The second kappa shape index (κ2) is 7.95. The number of carbonyl (C=O) groups excluding carboxylic acids is 2. The van der Waals surface area contributed by atoms with Gasteiger partial charge in [-0.25, -0.2) is 4.39 Å². The van der Waals surface area contributed by atoms with Gasteiger partial charge >= 0.3 is 0 Å². The van der Waals surface area contributed by atoms with E-state index < -0.39 is 5.82 Å². The molecule has 3 rings (SSSR count). The van der Waals surface area contributed by atoms with Crippen LogP contribution in [0, 0.1) is 11.7 Å². The molecule has 5 nitrogen and oxygen atoms in total. The molecule has 2 amide bonds. The minimum absolute atomic E-state index is 0.0159. The summed E-state index contributed by atoms with van der Waals surface area (Å²) in [5.74, 6) is -0.563. The number of piperidine rings is 1. The number of benzene rings is 1. The van der Waals surface area contributed by atoms with Gasteiger partial charge in [0.05, 0.1) is 5.56 Å². The first-order chi connectivity index (χ1) is 12.1. The normalized spacial score (nSPS) is 19.9. The van der Waals surface area contributed by atoms with Crippen molar-refractivity contribution in [3.63, 3.8) is 0 Å². The maximum absolute atomic E-state index is 13.8. The van der Waals surface area contributed by atoms with Crippen molar-refractivity contribution in [3.8, 4) is 0 Å². The summed E-state index contributed by atoms with van der Waals surface area (Å²) in [5.41, 5.74) is 0.114. The summed E-state index contributed by atoms with van der Waals surface area (Å²) in [6.07, 6.45) is 1.32. The average molecular weight is 347 g/mol. The van der Waals surface area contributed by atoms with Gasteiger partial charge in [0.15, 0.2) is 0 Å². The predicted molar refractivity (Wildman–Crippen MR) is 93.7 cm³/mol. The number of hydrogen-bond donors (Lipinski definition) is 0. The van der Waals surface area contributed by atoms with E-state index in [1.807, 2.05) is 4.90 Å². The zero-order valence-electron chi connectivity index (χ0n) is 14.8. The van der Waals surface area contributed by atoms with E-state index in [4.69, 9.17) is 0 Å². The first kappa shape index (κ1) is 17.9. The summed E-state index contributed by atoms with van der Waals surface area (Å²) < 4.78 is 13.8. The van der Waals surface area contributed by atoms with Gasteiger partial charge < -0.3 is 14.7 Å². The molecule has 2 aliphatic heterocycles. The third kappa shape index (κ3) is 4.00. The van der Waals surface area contributed by atoms with E-state index in [9.17, 15) is 14.0 Å². The molecule has 0 atom stereocenters. The Bertz CT molecular complexity index is 621. The van der Waals surface area contributed by atoms with E-state index in [1.54, 1.807) is 17.0 Å². The van der Waals surface area contributed by atoms with Crippen molar-refractivity contribution in [2.75, 3.05) is 45.8 Å². The molecule has 0 aliphatic carbocycles. The van der Waals surface area contributed by atoms with Crippen molar-refractivity contribution in [1.82, 2.24) is 14.7 Å². The molecule has 136 valence electrons. The third-order valence-electron chi connectivity index (χ3n) is 5.37. The highest BCUT2D eigenvalue weighted by atomic mass is 19.1. The summed E-state index contributed by atoms with van der Waals surface area (Å²) >= 11 is 0. The smallest absolute Gasteiger partial charge is 0.256 e. The van der Waals surface area contributed by atoms with Crippen LogP contribution in [0.3, 0.4) is 0 Å². The molecule has 1 aromatic rings. The summed E-state index contributed by atoms with van der Waals surface area (Å²) in [7, 11) is 0. The molecule has 2 fully saturated rings. The number of halogens is 1. The topological polar surface area (TPSA) is 43.9 Å². The highest BCUT2D eigenvalue weighted by Crippen LogP contribution is 2.22. The van der Waals surface area contributed by atoms with Gasteiger partial charge in [0.25, 0.3) is 5.91 Å². The van der Waals surface area contributed by atoms with Crippen LogP contribution in [0.2, 0.25) is 0 Å². The summed E-state index contributed by atoms with van der Waals surface area (Å²) in [5, 5.41) is 0. The molecule has 0 bridgehead atoms. The van der Waals surface area contributed by atoms with Crippen LogP contribution < -0.4 is 0 Å². The van der Waals surface area contributed by atoms with Crippen LogP contribution in [0.4, 0.5) is 4.39 Å². The summed E-state index contributed by atoms with van der Waals surface area (Å²) in [6, 6.07) is 6.07. The lowest BCUT2D eigenvalue weighted by Gasteiger charge is -2.38. The first-order valence-electron chi connectivity index (χ1n) is 9.15. The molecule has 0 saturated carbocycles. The molecular formula is C19H26FN3O2. The number of carbonyl (C=O) groups is 2. The Morgan fingerprint density at radius 1 is 1.00 bits per heavy atom. The zero-order valence-corrected chi connectivity index (χ0v) is 14.8. The number of piperazine rings is 1. The van der Waals surface area contributed by atoms with Crippen molar-refractivity contribution in [2.45, 2.75) is 19.8 Å². The van der Waals surface area contributed by atoms with E-state index in [0.717, 1.165) is 32.7 Å². The molecule has 2 saturated heterocycles. The van der Waals surface area contributed by atoms with Gasteiger partial charge in [-0.15, -0.1) is 0 Å². The standard InChI is InChI=1S/C19H26FN3O2/c1-2-21-11-13-23(14-12-21)18(24)15-7-9-22(10-8-15)19(25)16-5-3-4-6-17(16)20/h3-6,15H,2,7-14H2,1H3. The highest BCUT2D eigenvalue weighted by molar-refractivity contribution is 5.94. The fourth-order valence-corrected chi connectivity index (χ4v) is 3.68. The predicted octanol–water partition coefficient (Wildman–Crippen LogP) is 1.84. The Morgan fingerprint density at radius 3 is 2.24 bits per heavy atom. The van der Waals surface area contributed by atoms with E-state index >= 15 is 0 Å². The number of hydrogen-bond acceptors (Lipinski definition) is 3. The lowest BCUT2D eigenvalue weighted by molar-refractivity contribution is -0.138. The number of amides is 2. The van der Waals surface area contributed by atoms with Crippen LogP contribution >= 0.6 is 0 Å². The Morgan fingerprint density at radius 2 is 1.64 bits per heavy atom. The number of nitrogens with zero attached hydrogens (tertiary/aromatic N) is 3. The molecule has 0 spiro atoms. The van der Waals surface area contributed by atoms with Crippen molar-refractivity contribution < 1.29 is 14.0 Å². The zero-order chi connectivity index (χ0) is 17.8. The van der Waals surface area contributed by atoms with E-state index in [1.165, 1.54) is 12.1 Å². The minimum atomic E-state index is -0.487. The van der Waals surface area contributed by atoms with Gasteiger partial charge in [-0.2, -0.15) is 0 Å². The molecular weight excluding hydrogens is 321 g/mol. The molecule has 6 heteroatoms. The largest absolute Gasteiger partial charge is 0.340 e. The van der Waals surface area contributed by atoms with E-state index in [-0.39, 0.29) is 23.3 Å². The molecule has 0 aromatic heterocycles. The molecule has 0 N–H and O–H groups in total. The van der Waals surface area contributed by atoms with Gasteiger partial charge in [-0.1, -0.05) is 19.1 Å². The fourth-order valence-electron chi connectivity index (χ4n) is 3.68. The van der Waals surface area contributed by atoms with Crippen LogP contribution in [0.25, 0.3) is 0 Å². The second-order valence-corrected chi connectivity index (χ2v) is 6.81. The van der Waals surface area contributed by atoms with Gasteiger partial charge in [0.2, 0.25) is 5.91 Å². The van der Waals surface area contributed by atoms with Crippen LogP contribution in [0.1, 0.15) is 30.1 Å². The maximum atomic E-state index is 13.8. The molecule has 0 unspecified atom stereocenters. The molecule has 2 aliphatic rings. The minimum Gasteiger partial charge on any atom is -0.340 e. The fraction of sp³-hybridized carbons (Fsp3) is 0.579. The quantitative estimate of drug-likeness (QED) is 0.838. The van der Waals surface area contributed by atoms with Crippen molar-refractivity contribution in [2.24, 2.45) is 5.92 Å².